The number of rotatable bonds is 5. The molecule has 0 atom stereocenters. The summed E-state index contributed by atoms with van der Waals surface area (Å²) in [7, 11) is 0. The van der Waals surface area contributed by atoms with E-state index in [2.05, 4.69) is 32.9 Å². The number of aromatic amines is 1. The molecule has 5 rings (SSSR count). The Balaban J connectivity index is 1.31. The Morgan fingerprint density at radius 1 is 1.00 bits per heavy atom. The molecule has 0 saturated heterocycles. The van der Waals surface area contributed by atoms with E-state index < -0.39 is 17.7 Å². The van der Waals surface area contributed by atoms with Crippen LogP contribution in [0.3, 0.4) is 0 Å². The van der Waals surface area contributed by atoms with Crippen molar-refractivity contribution in [2.24, 2.45) is 5.92 Å². The van der Waals surface area contributed by atoms with Crippen LogP contribution in [0.25, 0.3) is 22.2 Å². The molecule has 3 aromatic carbocycles. The van der Waals surface area contributed by atoms with E-state index in [0.29, 0.717) is 28.9 Å². The number of benzene rings is 3. The van der Waals surface area contributed by atoms with E-state index in [1.165, 1.54) is 18.2 Å². The number of hydrogen-bond donors (Lipinski definition) is 2. The molecule has 1 heterocycles. The van der Waals surface area contributed by atoms with Crippen LogP contribution in [-0.4, -0.2) is 17.6 Å². The van der Waals surface area contributed by atoms with Gasteiger partial charge in [0.1, 0.15) is 23.2 Å². The maximum absolute atomic E-state index is 14.5. The Bertz CT molecular complexity index is 1350. The second-order valence-corrected chi connectivity index (χ2v) is 9.74. The van der Waals surface area contributed by atoms with E-state index in [1.54, 1.807) is 24.3 Å². The standard InChI is InChI=1S/C26H20F3IN2O2/c27-17-3-1-15(2-4-17)24-23(21-11-18(28)12-22(29)25(21)32-24)16-9-14(10-16)13-31-26(33)34-20-7-5-19(30)6-8-20/h1-8,11-12,14,16,32H,9-10,13H2,(H,31,33). The topological polar surface area (TPSA) is 54.1 Å². The molecule has 0 bridgehead atoms. The Kier molecular flexibility index (Phi) is 6.24. The van der Waals surface area contributed by atoms with E-state index >= 15 is 0 Å². The lowest BCUT2D eigenvalue weighted by Gasteiger charge is -2.36. The van der Waals surface area contributed by atoms with Gasteiger partial charge >= 0.3 is 6.09 Å². The van der Waals surface area contributed by atoms with Crippen LogP contribution < -0.4 is 10.1 Å². The summed E-state index contributed by atoms with van der Waals surface area (Å²) in [5.41, 5.74) is 2.42. The molecule has 0 radical (unpaired) electrons. The van der Waals surface area contributed by atoms with E-state index in [0.717, 1.165) is 28.0 Å². The Labute approximate surface area is 207 Å². The van der Waals surface area contributed by atoms with Gasteiger partial charge in [0.25, 0.3) is 0 Å². The molecule has 1 saturated carbocycles. The van der Waals surface area contributed by atoms with Crippen molar-refractivity contribution in [2.45, 2.75) is 18.8 Å². The summed E-state index contributed by atoms with van der Waals surface area (Å²) in [5.74, 6) is -0.957. The third-order valence-corrected chi connectivity index (χ3v) is 6.92. The molecule has 0 aliphatic heterocycles. The summed E-state index contributed by atoms with van der Waals surface area (Å²) in [6, 6.07) is 15.3. The van der Waals surface area contributed by atoms with Gasteiger partial charge in [-0.05, 0) is 113 Å². The van der Waals surface area contributed by atoms with Gasteiger partial charge in [-0.25, -0.2) is 18.0 Å². The summed E-state index contributed by atoms with van der Waals surface area (Å²) < 4.78 is 48.3. The molecule has 1 aliphatic carbocycles. The molecule has 2 N–H and O–H groups in total. The highest BCUT2D eigenvalue weighted by Crippen LogP contribution is 2.48. The van der Waals surface area contributed by atoms with Crippen LogP contribution in [0.15, 0.2) is 60.7 Å². The van der Waals surface area contributed by atoms with Crippen LogP contribution in [0.4, 0.5) is 18.0 Å². The van der Waals surface area contributed by atoms with Crippen LogP contribution in [-0.2, 0) is 0 Å². The van der Waals surface area contributed by atoms with Gasteiger partial charge in [0.05, 0.1) is 11.2 Å². The van der Waals surface area contributed by atoms with Gasteiger partial charge in [-0.15, -0.1) is 0 Å². The molecule has 0 spiro atoms. The highest BCUT2D eigenvalue weighted by molar-refractivity contribution is 14.1. The van der Waals surface area contributed by atoms with E-state index in [9.17, 15) is 18.0 Å². The van der Waals surface area contributed by atoms with E-state index in [4.69, 9.17) is 4.74 Å². The van der Waals surface area contributed by atoms with Crippen molar-refractivity contribution in [1.29, 1.82) is 0 Å². The fraction of sp³-hybridized carbons (Fsp3) is 0.192. The molecule has 34 heavy (non-hydrogen) atoms. The summed E-state index contributed by atoms with van der Waals surface area (Å²) in [6.07, 6.45) is 0.958. The molecule has 1 amide bonds. The minimum Gasteiger partial charge on any atom is -0.410 e. The van der Waals surface area contributed by atoms with Gasteiger partial charge in [0.15, 0.2) is 0 Å². The zero-order chi connectivity index (χ0) is 23.8. The average molecular weight is 576 g/mol. The molecular formula is C26H20F3IN2O2. The molecule has 4 aromatic rings. The minimum atomic E-state index is -0.666. The third-order valence-electron chi connectivity index (χ3n) is 6.20. The molecule has 4 nitrogen and oxygen atoms in total. The van der Waals surface area contributed by atoms with Crippen molar-refractivity contribution < 1.29 is 22.7 Å². The van der Waals surface area contributed by atoms with Gasteiger partial charge in [0.2, 0.25) is 0 Å². The smallest absolute Gasteiger partial charge is 0.410 e. The predicted molar refractivity (Wildman–Crippen MR) is 132 cm³/mol. The number of fused-ring (bicyclic) bond motifs is 1. The van der Waals surface area contributed by atoms with E-state index in [1.807, 2.05) is 12.1 Å². The summed E-state index contributed by atoms with van der Waals surface area (Å²) in [4.78, 5) is 15.2. The van der Waals surface area contributed by atoms with Crippen molar-refractivity contribution in [2.75, 3.05) is 6.54 Å². The zero-order valence-electron chi connectivity index (χ0n) is 17.9. The van der Waals surface area contributed by atoms with E-state index in [-0.39, 0.29) is 23.2 Å². The lowest BCUT2D eigenvalue weighted by molar-refractivity contribution is 0.190. The number of H-pyrrole nitrogens is 1. The Morgan fingerprint density at radius 3 is 2.41 bits per heavy atom. The number of nitrogens with one attached hydrogen (secondary N) is 2. The van der Waals surface area contributed by atoms with Gasteiger partial charge in [0, 0.05) is 21.6 Å². The molecule has 1 aliphatic rings. The Hall–Kier alpha value is -3.01. The number of halogens is 4. The number of amides is 1. The van der Waals surface area contributed by atoms with Crippen molar-refractivity contribution in [1.82, 2.24) is 10.3 Å². The first kappa shape index (κ1) is 22.8. The maximum atomic E-state index is 14.5. The second kappa shape index (κ2) is 9.32. The van der Waals surface area contributed by atoms with Crippen LogP contribution in [0.1, 0.15) is 24.3 Å². The number of ether oxygens (including phenoxy) is 1. The summed E-state index contributed by atoms with van der Waals surface area (Å²) in [6.45, 7) is 0.441. The van der Waals surface area contributed by atoms with Crippen LogP contribution >= 0.6 is 22.6 Å². The maximum Gasteiger partial charge on any atom is 0.412 e. The lowest BCUT2D eigenvalue weighted by Crippen LogP contribution is -2.36. The molecule has 0 unspecified atom stereocenters. The van der Waals surface area contributed by atoms with Gasteiger partial charge in [-0.2, -0.15) is 0 Å². The molecule has 8 heteroatoms. The molecular weight excluding hydrogens is 556 g/mol. The SMILES string of the molecule is O=C(NCC1CC(c2c(-c3ccc(F)cc3)[nH]c3c(F)cc(F)cc23)C1)Oc1ccc(I)cc1. The van der Waals surface area contributed by atoms with Crippen molar-refractivity contribution in [3.63, 3.8) is 0 Å². The predicted octanol–water partition coefficient (Wildman–Crippen LogP) is 7.14. The van der Waals surface area contributed by atoms with Gasteiger partial charge in [-0.1, -0.05) is 0 Å². The van der Waals surface area contributed by atoms with Gasteiger partial charge < -0.3 is 15.0 Å². The number of hydrogen-bond acceptors (Lipinski definition) is 2. The van der Waals surface area contributed by atoms with Crippen molar-refractivity contribution in [3.05, 3.63) is 87.2 Å². The third kappa shape index (κ3) is 4.64. The quantitative estimate of drug-likeness (QED) is 0.248. The number of aromatic nitrogens is 1. The van der Waals surface area contributed by atoms with Gasteiger partial charge in [-0.3, -0.25) is 0 Å². The number of carbonyl (C=O) groups excluding carboxylic acids is 1. The second-order valence-electron chi connectivity index (χ2n) is 8.49. The first-order valence-corrected chi connectivity index (χ1v) is 11.9. The first-order chi connectivity index (χ1) is 16.4. The fourth-order valence-electron chi connectivity index (χ4n) is 4.52. The zero-order valence-corrected chi connectivity index (χ0v) is 20.0. The van der Waals surface area contributed by atoms with Crippen molar-refractivity contribution >= 4 is 39.6 Å². The highest BCUT2D eigenvalue weighted by atomic mass is 127. The van der Waals surface area contributed by atoms with Crippen LogP contribution in [0, 0.1) is 26.9 Å². The summed E-state index contributed by atoms with van der Waals surface area (Å²) in [5, 5.41) is 3.28. The van der Waals surface area contributed by atoms with Crippen LogP contribution in [0.5, 0.6) is 5.75 Å². The van der Waals surface area contributed by atoms with Crippen molar-refractivity contribution in [3.8, 4) is 17.0 Å². The largest absolute Gasteiger partial charge is 0.412 e. The number of carbonyl (C=O) groups is 1. The average Bonchev–Trinajstić information content (AvgIpc) is 3.14. The highest BCUT2D eigenvalue weighted by Gasteiger charge is 2.35. The molecule has 174 valence electrons. The van der Waals surface area contributed by atoms with Crippen LogP contribution in [0.2, 0.25) is 0 Å². The minimum absolute atomic E-state index is 0.0500. The monoisotopic (exact) mass is 576 g/mol. The first-order valence-electron chi connectivity index (χ1n) is 10.8. The Morgan fingerprint density at radius 2 is 1.71 bits per heavy atom. The normalized spacial score (nSPS) is 17.4. The molecule has 1 fully saturated rings. The molecule has 1 aromatic heterocycles. The lowest BCUT2D eigenvalue weighted by atomic mass is 9.70. The summed E-state index contributed by atoms with van der Waals surface area (Å²) >= 11 is 2.17. The fourth-order valence-corrected chi connectivity index (χ4v) is 4.88.